The zero-order chi connectivity index (χ0) is 13.3. The number of amides is 1. The van der Waals surface area contributed by atoms with Crippen molar-refractivity contribution in [2.24, 2.45) is 0 Å². The van der Waals surface area contributed by atoms with Crippen LogP contribution in [0.2, 0.25) is 0 Å². The number of nitrogens with zero attached hydrogens (tertiary/aromatic N) is 2. The Balaban J connectivity index is 2.10. The molecule has 1 aromatic heterocycles. The van der Waals surface area contributed by atoms with Crippen molar-refractivity contribution in [3.8, 4) is 0 Å². The van der Waals surface area contributed by atoms with Gasteiger partial charge in [-0.25, -0.2) is 0 Å². The van der Waals surface area contributed by atoms with Gasteiger partial charge in [-0.1, -0.05) is 18.0 Å². The number of aromatic nitrogens is 1. The molecule has 1 N–H and O–H groups in total. The van der Waals surface area contributed by atoms with Crippen LogP contribution in [0, 0.1) is 13.8 Å². The maximum atomic E-state index is 12.3. The molecule has 1 fully saturated rings. The second-order valence-electron chi connectivity index (χ2n) is 5.29. The number of hydrogen-bond acceptors (Lipinski definition) is 4. The maximum absolute atomic E-state index is 12.3. The Morgan fingerprint density at radius 3 is 2.56 bits per heavy atom. The van der Waals surface area contributed by atoms with E-state index in [0.717, 1.165) is 25.7 Å². The fourth-order valence-electron chi connectivity index (χ4n) is 2.68. The van der Waals surface area contributed by atoms with Crippen LogP contribution in [-0.2, 0) is 0 Å². The third kappa shape index (κ3) is 2.41. The molecule has 1 aliphatic carbocycles. The third-order valence-corrected chi connectivity index (χ3v) is 3.66. The van der Waals surface area contributed by atoms with Gasteiger partial charge in [0.2, 0.25) is 0 Å². The highest BCUT2D eigenvalue weighted by atomic mass is 16.5. The average Bonchev–Trinajstić information content (AvgIpc) is 2.85. The molecule has 18 heavy (non-hydrogen) atoms. The summed E-state index contributed by atoms with van der Waals surface area (Å²) in [7, 11) is 1.71. The highest BCUT2D eigenvalue weighted by molar-refractivity contribution is 5.95. The van der Waals surface area contributed by atoms with Gasteiger partial charge < -0.3 is 14.5 Å². The standard InChI is InChI=1S/C13H20N2O3/c1-9-11(10(2)18-14-9)12(16)15(3)8-13(17)6-4-5-7-13/h17H,4-8H2,1-3H3. The van der Waals surface area contributed by atoms with Gasteiger partial charge in [0.15, 0.2) is 0 Å². The molecule has 1 heterocycles. The van der Waals surface area contributed by atoms with Gasteiger partial charge in [-0.05, 0) is 26.7 Å². The van der Waals surface area contributed by atoms with Crippen molar-refractivity contribution in [3.05, 3.63) is 17.0 Å². The molecule has 2 rings (SSSR count). The second kappa shape index (κ2) is 4.72. The summed E-state index contributed by atoms with van der Waals surface area (Å²) in [6, 6.07) is 0. The zero-order valence-corrected chi connectivity index (χ0v) is 11.2. The Bertz CT molecular complexity index is 428. The second-order valence-corrected chi connectivity index (χ2v) is 5.29. The molecule has 0 aromatic carbocycles. The molecule has 0 spiro atoms. The van der Waals surface area contributed by atoms with E-state index in [4.69, 9.17) is 4.52 Å². The van der Waals surface area contributed by atoms with Gasteiger partial charge in [0, 0.05) is 13.6 Å². The van der Waals surface area contributed by atoms with Crippen LogP contribution < -0.4 is 0 Å². The molecular weight excluding hydrogens is 232 g/mol. The minimum Gasteiger partial charge on any atom is -0.388 e. The summed E-state index contributed by atoms with van der Waals surface area (Å²) >= 11 is 0. The predicted molar refractivity (Wildman–Crippen MR) is 66.4 cm³/mol. The van der Waals surface area contributed by atoms with Crippen LogP contribution in [0.4, 0.5) is 0 Å². The van der Waals surface area contributed by atoms with Gasteiger partial charge in [-0.2, -0.15) is 0 Å². The topological polar surface area (TPSA) is 66.6 Å². The first-order valence-electron chi connectivity index (χ1n) is 6.34. The van der Waals surface area contributed by atoms with Gasteiger partial charge in [0.1, 0.15) is 11.3 Å². The fraction of sp³-hybridized carbons (Fsp3) is 0.692. The lowest BCUT2D eigenvalue weighted by atomic mass is 10.0. The van der Waals surface area contributed by atoms with Crippen molar-refractivity contribution in [2.45, 2.75) is 45.1 Å². The molecule has 0 atom stereocenters. The SMILES string of the molecule is Cc1noc(C)c1C(=O)N(C)CC1(O)CCCC1. The fourth-order valence-corrected chi connectivity index (χ4v) is 2.68. The molecule has 1 amide bonds. The van der Waals surface area contributed by atoms with E-state index in [0.29, 0.717) is 23.6 Å². The molecule has 0 radical (unpaired) electrons. The smallest absolute Gasteiger partial charge is 0.259 e. The number of rotatable bonds is 3. The van der Waals surface area contributed by atoms with Gasteiger partial charge in [0.25, 0.3) is 5.91 Å². The van der Waals surface area contributed by atoms with E-state index in [1.807, 2.05) is 0 Å². The van der Waals surface area contributed by atoms with Crippen molar-refractivity contribution in [1.29, 1.82) is 0 Å². The Morgan fingerprint density at radius 2 is 2.06 bits per heavy atom. The van der Waals surface area contributed by atoms with Gasteiger partial charge >= 0.3 is 0 Å². The van der Waals surface area contributed by atoms with Crippen LogP contribution in [0.3, 0.4) is 0 Å². The van der Waals surface area contributed by atoms with Crippen LogP contribution in [0.15, 0.2) is 4.52 Å². The minimum absolute atomic E-state index is 0.133. The number of carbonyl (C=O) groups excluding carboxylic acids is 1. The van der Waals surface area contributed by atoms with Crippen LogP contribution in [0.25, 0.3) is 0 Å². The zero-order valence-electron chi connectivity index (χ0n) is 11.2. The molecule has 1 aliphatic rings. The average molecular weight is 252 g/mol. The number of likely N-dealkylation sites (N-methyl/N-ethyl adjacent to an activating group) is 1. The number of hydrogen-bond donors (Lipinski definition) is 1. The Morgan fingerprint density at radius 1 is 1.44 bits per heavy atom. The van der Waals surface area contributed by atoms with Gasteiger partial charge in [0.05, 0.1) is 11.3 Å². The first kappa shape index (κ1) is 13.1. The summed E-state index contributed by atoms with van der Waals surface area (Å²) < 4.78 is 5.00. The van der Waals surface area contributed by atoms with Crippen molar-refractivity contribution < 1.29 is 14.4 Å². The molecule has 100 valence electrons. The summed E-state index contributed by atoms with van der Waals surface area (Å²) in [4.78, 5) is 13.9. The van der Waals surface area contributed by atoms with E-state index in [9.17, 15) is 9.90 Å². The van der Waals surface area contributed by atoms with Crippen LogP contribution >= 0.6 is 0 Å². The third-order valence-electron chi connectivity index (χ3n) is 3.66. The minimum atomic E-state index is -0.719. The Labute approximate surface area is 107 Å². The molecule has 5 nitrogen and oxygen atoms in total. The van der Waals surface area contributed by atoms with Crippen LogP contribution in [0.1, 0.15) is 47.5 Å². The molecule has 1 aromatic rings. The van der Waals surface area contributed by atoms with Crippen molar-refractivity contribution in [2.75, 3.05) is 13.6 Å². The van der Waals surface area contributed by atoms with E-state index >= 15 is 0 Å². The lowest BCUT2D eigenvalue weighted by Gasteiger charge is -2.28. The highest BCUT2D eigenvalue weighted by Crippen LogP contribution is 2.30. The van der Waals surface area contributed by atoms with Gasteiger partial charge in [-0.3, -0.25) is 4.79 Å². The molecular formula is C13H20N2O3. The van der Waals surface area contributed by atoms with Crippen LogP contribution in [-0.4, -0.2) is 40.3 Å². The van der Waals surface area contributed by atoms with Crippen LogP contribution in [0.5, 0.6) is 0 Å². The van der Waals surface area contributed by atoms with Crippen molar-refractivity contribution >= 4 is 5.91 Å². The summed E-state index contributed by atoms with van der Waals surface area (Å²) in [5.41, 5.74) is 0.394. The quantitative estimate of drug-likeness (QED) is 0.888. The normalized spacial score (nSPS) is 18.0. The van der Waals surface area contributed by atoms with E-state index in [1.165, 1.54) is 0 Å². The van der Waals surface area contributed by atoms with Crippen molar-refractivity contribution in [3.63, 3.8) is 0 Å². The molecule has 0 aliphatic heterocycles. The number of aliphatic hydroxyl groups is 1. The summed E-state index contributed by atoms with van der Waals surface area (Å²) in [6.07, 6.45) is 3.60. The molecule has 0 saturated heterocycles. The first-order chi connectivity index (χ1) is 8.43. The number of aryl methyl sites for hydroxylation is 2. The maximum Gasteiger partial charge on any atom is 0.259 e. The summed E-state index contributed by atoms with van der Waals surface area (Å²) in [5, 5.41) is 14.1. The first-order valence-corrected chi connectivity index (χ1v) is 6.34. The van der Waals surface area contributed by atoms with E-state index < -0.39 is 5.60 Å². The van der Waals surface area contributed by atoms with E-state index in [2.05, 4.69) is 5.16 Å². The lowest BCUT2D eigenvalue weighted by Crippen LogP contribution is -2.42. The lowest BCUT2D eigenvalue weighted by molar-refractivity contribution is 0.0156. The van der Waals surface area contributed by atoms with Gasteiger partial charge in [-0.15, -0.1) is 0 Å². The summed E-state index contributed by atoms with van der Waals surface area (Å²) in [6.45, 7) is 3.85. The van der Waals surface area contributed by atoms with E-state index in [1.54, 1.807) is 25.8 Å². The molecule has 0 unspecified atom stereocenters. The highest BCUT2D eigenvalue weighted by Gasteiger charge is 2.34. The van der Waals surface area contributed by atoms with Crippen molar-refractivity contribution in [1.82, 2.24) is 10.1 Å². The monoisotopic (exact) mass is 252 g/mol. The predicted octanol–water partition coefficient (Wildman–Crippen LogP) is 1.67. The summed E-state index contributed by atoms with van der Waals surface area (Å²) in [5.74, 6) is 0.398. The molecule has 0 bridgehead atoms. The van der Waals surface area contributed by atoms with E-state index in [-0.39, 0.29) is 5.91 Å². The Kier molecular flexibility index (Phi) is 3.43. The number of carbonyl (C=O) groups is 1. The molecule has 1 saturated carbocycles. The Hall–Kier alpha value is -1.36. The largest absolute Gasteiger partial charge is 0.388 e. The molecule has 5 heteroatoms.